The zero-order chi connectivity index (χ0) is 6.55. The molecule has 11 heavy (non-hydrogen) atoms. The summed E-state index contributed by atoms with van der Waals surface area (Å²) < 4.78 is 0. The van der Waals surface area contributed by atoms with Crippen molar-refractivity contribution in [1.29, 1.82) is 0 Å². The number of rotatable bonds is 0. The second kappa shape index (κ2) is 2.84. The van der Waals surface area contributed by atoms with E-state index in [1.54, 1.807) is 19.3 Å². The maximum absolute atomic E-state index is 1.93. The Kier molecular flexibility index (Phi) is 2.12. The molecule has 1 heteroatoms. The monoisotopic (exact) mass is 238 g/mol. The van der Waals surface area contributed by atoms with Crippen molar-refractivity contribution in [2.75, 3.05) is 0 Å². The third-order valence-electron chi connectivity index (χ3n) is 3.73. The molecule has 4 aliphatic rings. The van der Waals surface area contributed by atoms with Gasteiger partial charge in [0.05, 0.1) is 0 Å². The van der Waals surface area contributed by atoms with Gasteiger partial charge in [0, 0.05) is 19.5 Å². The smallest absolute Gasteiger partial charge is 0 e. The second-order valence-corrected chi connectivity index (χ2v) is 4.67. The molecule has 0 N–H and O–H groups in total. The molecule has 65 valence electrons. The van der Waals surface area contributed by atoms with E-state index >= 15 is 0 Å². The van der Waals surface area contributed by atoms with Crippen molar-refractivity contribution in [3.05, 3.63) is 5.92 Å². The van der Waals surface area contributed by atoms with Crippen LogP contribution in [0, 0.1) is 23.7 Å². The van der Waals surface area contributed by atoms with Crippen molar-refractivity contribution in [1.82, 2.24) is 0 Å². The Labute approximate surface area is 81.9 Å². The van der Waals surface area contributed by atoms with Crippen LogP contribution in [0.2, 0.25) is 0 Å². The Morgan fingerprint density at radius 3 is 1.36 bits per heavy atom. The predicted molar refractivity (Wildman–Crippen MR) is 41.4 cm³/mol. The van der Waals surface area contributed by atoms with Gasteiger partial charge in [-0.25, -0.2) is 0 Å². The van der Waals surface area contributed by atoms with E-state index in [9.17, 15) is 0 Å². The van der Waals surface area contributed by atoms with Gasteiger partial charge in [-0.1, -0.05) is 37.0 Å². The second-order valence-electron chi connectivity index (χ2n) is 4.67. The normalized spacial score (nSPS) is 47.5. The van der Waals surface area contributed by atoms with Crippen LogP contribution >= 0.6 is 0 Å². The van der Waals surface area contributed by atoms with Gasteiger partial charge < -0.3 is 5.92 Å². The van der Waals surface area contributed by atoms with E-state index in [1.807, 2.05) is 5.92 Å². The van der Waals surface area contributed by atoms with Crippen molar-refractivity contribution in [2.45, 2.75) is 38.5 Å². The molecule has 4 saturated carbocycles. The molecule has 4 rings (SSSR count). The van der Waals surface area contributed by atoms with Gasteiger partial charge in [-0.15, -0.1) is 0 Å². The van der Waals surface area contributed by atoms with Crippen LogP contribution in [0.15, 0.2) is 0 Å². The third kappa shape index (κ3) is 1.30. The van der Waals surface area contributed by atoms with E-state index in [2.05, 4.69) is 0 Å². The average Bonchev–Trinajstić information content (AvgIpc) is 1.82. The summed E-state index contributed by atoms with van der Waals surface area (Å²) in [5.41, 5.74) is 0. The molecule has 4 bridgehead atoms. The molecule has 0 aromatic carbocycles. The minimum absolute atomic E-state index is 0. The van der Waals surface area contributed by atoms with Crippen molar-refractivity contribution >= 4 is 0 Å². The van der Waals surface area contributed by atoms with E-state index in [0.29, 0.717) is 0 Å². The number of hydrogen-bond acceptors (Lipinski definition) is 0. The zero-order valence-electron chi connectivity index (χ0n) is 6.81. The summed E-state index contributed by atoms with van der Waals surface area (Å²) >= 11 is 0. The van der Waals surface area contributed by atoms with Crippen LogP contribution in [-0.4, -0.2) is 0 Å². The molecule has 0 aromatic heterocycles. The van der Waals surface area contributed by atoms with E-state index < -0.39 is 0 Å². The summed E-state index contributed by atoms with van der Waals surface area (Å²) in [6.45, 7) is 0. The van der Waals surface area contributed by atoms with E-state index in [-0.39, 0.29) is 19.5 Å². The van der Waals surface area contributed by atoms with Crippen molar-refractivity contribution in [3.63, 3.8) is 0 Å². The largest absolute Gasteiger partial charge is 0.313 e. The summed E-state index contributed by atoms with van der Waals surface area (Å²) in [6.07, 6.45) is 9.31. The Morgan fingerprint density at radius 2 is 1.09 bits per heavy atom. The summed E-state index contributed by atoms with van der Waals surface area (Å²) in [7, 11) is 0. The first-order chi connectivity index (χ1) is 4.90. The van der Waals surface area contributed by atoms with Gasteiger partial charge in [0.15, 0.2) is 0 Å². The SMILES string of the molecule is C1[C-]2CC3CC1CC(C2)C3.[Rh]. The molecular weight excluding hydrogens is 223 g/mol. The number of hydrogen-bond donors (Lipinski definition) is 0. The third-order valence-corrected chi connectivity index (χ3v) is 3.73. The summed E-state index contributed by atoms with van der Waals surface area (Å²) in [6, 6.07) is 0. The standard InChI is InChI=1S/C10H15.Rh/c1-7-2-9-4-8(1)5-10(3-7)6-9;/h7-9H,1-6H2;/q-1;. The Hall–Kier alpha value is 0.623. The molecule has 0 saturated heterocycles. The summed E-state index contributed by atoms with van der Waals surface area (Å²) in [4.78, 5) is 0. The molecule has 0 aromatic rings. The molecule has 0 nitrogen and oxygen atoms in total. The molecule has 0 aliphatic heterocycles. The summed E-state index contributed by atoms with van der Waals surface area (Å²) in [5.74, 6) is 5.35. The molecule has 1 radical (unpaired) electrons. The zero-order valence-corrected chi connectivity index (χ0v) is 8.45. The first kappa shape index (κ1) is 8.23. The summed E-state index contributed by atoms with van der Waals surface area (Å²) in [5, 5.41) is 0. The van der Waals surface area contributed by atoms with Crippen molar-refractivity contribution in [2.24, 2.45) is 17.8 Å². The molecule has 0 heterocycles. The average molecular weight is 238 g/mol. The fourth-order valence-electron chi connectivity index (χ4n) is 3.68. The molecular formula is C10H15Rh-. The van der Waals surface area contributed by atoms with Gasteiger partial charge >= 0.3 is 0 Å². The van der Waals surface area contributed by atoms with E-state index in [0.717, 1.165) is 17.8 Å². The van der Waals surface area contributed by atoms with Crippen LogP contribution in [-0.2, 0) is 19.5 Å². The molecule has 0 spiro atoms. The Morgan fingerprint density at radius 1 is 0.727 bits per heavy atom. The van der Waals surface area contributed by atoms with Gasteiger partial charge in [-0.2, -0.15) is 19.3 Å². The first-order valence-corrected chi connectivity index (χ1v) is 4.73. The Balaban J connectivity index is 0.000000480. The maximum atomic E-state index is 1.93. The quantitative estimate of drug-likeness (QED) is 0.449. The van der Waals surface area contributed by atoms with E-state index in [4.69, 9.17) is 0 Å². The molecule has 0 amide bonds. The van der Waals surface area contributed by atoms with Crippen LogP contribution in [0.3, 0.4) is 0 Å². The van der Waals surface area contributed by atoms with Crippen LogP contribution in [0.4, 0.5) is 0 Å². The van der Waals surface area contributed by atoms with Crippen molar-refractivity contribution in [3.8, 4) is 0 Å². The maximum Gasteiger partial charge on any atom is 0 e. The molecule has 4 aliphatic carbocycles. The van der Waals surface area contributed by atoms with Gasteiger partial charge in [-0.05, 0) is 0 Å². The fraction of sp³-hybridized carbons (Fsp3) is 0.900. The molecule has 0 atom stereocenters. The minimum atomic E-state index is 0. The van der Waals surface area contributed by atoms with Crippen LogP contribution in [0.5, 0.6) is 0 Å². The van der Waals surface area contributed by atoms with E-state index in [1.165, 1.54) is 19.3 Å². The van der Waals surface area contributed by atoms with Gasteiger partial charge in [-0.3, -0.25) is 0 Å². The Bertz CT molecular complexity index is 96.4. The van der Waals surface area contributed by atoms with Gasteiger partial charge in [0.2, 0.25) is 0 Å². The first-order valence-electron chi connectivity index (χ1n) is 4.73. The van der Waals surface area contributed by atoms with Crippen LogP contribution in [0.1, 0.15) is 38.5 Å². The van der Waals surface area contributed by atoms with Crippen LogP contribution < -0.4 is 0 Å². The van der Waals surface area contributed by atoms with Gasteiger partial charge in [0.25, 0.3) is 0 Å². The van der Waals surface area contributed by atoms with Gasteiger partial charge in [0.1, 0.15) is 0 Å². The van der Waals surface area contributed by atoms with Crippen LogP contribution in [0.25, 0.3) is 0 Å². The predicted octanol–water partition coefficient (Wildman–Crippen LogP) is 2.79. The fourth-order valence-corrected chi connectivity index (χ4v) is 3.68. The van der Waals surface area contributed by atoms with Crippen molar-refractivity contribution < 1.29 is 19.5 Å². The minimum Gasteiger partial charge on any atom is -0.313 e. The topological polar surface area (TPSA) is 0 Å². The molecule has 4 fully saturated rings. The molecule has 0 unspecified atom stereocenters.